The Morgan fingerprint density at radius 2 is 1.50 bits per heavy atom. The summed E-state index contributed by atoms with van der Waals surface area (Å²) in [6, 6.07) is 0. The molecule has 0 atom stereocenters. The molecule has 0 rings (SSSR count). The molecule has 118 valence electrons. The lowest BCUT2D eigenvalue weighted by Gasteiger charge is -2.28. The summed E-state index contributed by atoms with van der Waals surface area (Å²) < 4.78 is 5.96. The van der Waals surface area contributed by atoms with Crippen LogP contribution in [0.1, 0.15) is 65.2 Å². The summed E-state index contributed by atoms with van der Waals surface area (Å²) in [5, 5.41) is 0. The van der Waals surface area contributed by atoms with Crippen LogP contribution in [0, 0.1) is 0 Å². The van der Waals surface area contributed by atoms with Crippen LogP contribution in [0.3, 0.4) is 0 Å². The number of carbonyl (C=O) groups is 1. The Bertz CT molecular complexity index is 285. The highest BCUT2D eigenvalue weighted by Gasteiger charge is 2.17. The lowest BCUT2D eigenvalue weighted by Crippen LogP contribution is -2.43. The molecule has 0 bridgehead atoms. The molecule has 0 aromatic heterocycles. The van der Waals surface area contributed by atoms with Gasteiger partial charge in [-0.2, -0.15) is 0 Å². The maximum absolute atomic E-state index is 11.4. The van der Waals surface area contributed by atoms with Crippen molar-refractivity contribution in [2.24, 2.45) is 0 Å². The van der Waals surface area contributed by atoms with Gasteiger partial charge in [0.25, 0.3) is 0 Å². The molecule has 0 saturated carbocycles. The standard InChI is InChI=1S/C17H34NO2/c1-6-7-8-9-10-11-12-13-14-18(4,5)15-20-17(19)16(2)3/h2,6-15H2,1,3-5H3/q+1. The van der Waals surface area contributed by atoms with Crippen molar-refractivity contribution in [1.29, 1.82) is 0 Å². The number of quaternary nitrogens is 1. The molecular weight excluding hydrogens is 250 g/mol. The van der Waals surface area contributed by atoms with E-state index in [2.05, 4.69) is 27.6 Å². The summed E-state index contributed by atoms with van der Waals surface area (Å²) >= 11 is 0. The Labute approximate surface area is 125 Å². The molecule has 0 aliphatic heterocycles. The molecule has 0 aliphatic rings. The first-order valence-corrected chi connectivity index (χ1v) is 8.03. The van der Waals surface area contributed by atoms with E-state index in [9.17, 15) is 4.79 Å². The van der Waals surface area contributed by atoms with Crippen LogP contribution in [-0.2, 0) is 9.53 Å². The van der Waals surface area contributed by atoms with Crippen molar-refractivity contribution in [3.63, 3.8) is 0 Å². The summed E-state index contributed by atoms with van der Waals surface area (Å²) in [7, 11) is 4.21. The smallest absolute Gasteiger partial charge is 0.337 e. The van der Waals surface area contributed by atoms with Crippen LogP contribution in [0.15, 0.2) is 12.2 Å². The number of unbranched alkanes of at least 4 members (excludes halogenated alkanes) is 7. The minimum absolute atomic E-state index is 0.285. The Morgan fingerprint density at radius 1 is 1.00 bits per heavy atom. The molecule has 20 heavy (non-hydrogen) atoms. The van der Waals surface area contributed by atoms with E-state index in [4.69, 9.17) is 4.74 Å². The third-order valence-electron chi connectivity index (χ3n) is 3.51. The molecule has 3 heteroatoms. The summed E-state index contributed by atoms with van der Waals surface area (Å²) in [6.45, 7) is 9.01. The molecule has 0 unspecified atom stereocenters. The Morgan fingerprint density at radius 3 is 2.00 bits per heavy atom. The molecule has 0 aliphatic carbocycles. The van der Waals surface area contributed by atoms with Crippen molar-refractivity contribution in [3.05, 3.63) is 12.2 Å². The van der Waals surface area contributed by atoms with Crippen molar-refractivity contribution < 1.29 is 14.0 Å². The van der Waals surface area contributed by atoms with Crippen LogP contribution in [0.5, 0.6) is 0 Å². The molecule has 0 heterocycles. The van der Waals surface area contributed by atoms with Crippen molar-refractivity contribution >= 4 is 5.97 Å². The van der Waals surface area contributed by atoms with E-state index < -0.39 is 0 Å². The molecular formula is C17H34NO2+. The van der Waals surface area contributed by atoms with E-state index >= 15 is 0 Å². The van der Waals surface area contributed by atoms with E-state index in [1.165, 1.54) is 51.4 Å². The van der Waals surface area contributed by atoms with Crippen LogP contribution in [-0.4, -0.2) is 37.8 Å². The van der Waals surface area contributed by atoms with Crippen LogP contribution in [0.4, 0.5) is 0 Å². The second-order valence-electron chi connectivity index (χ2n) is 6.48. The van der Waals surface area contributed by atoms with Gasteiger partial charge >= 0.3 is 5.97 Å². The zero-order chi connectivity index (χ0) is 15.4. The molecule has 0 aromatic rings. The van der Waals surface area contributed by atoms with Gasteiger partial charge < -0.3 is 4.74 Å². The van der Waals surface area contributed by atoms with Gasteiger partial charge in [0.05, 0.1) is 20.6 Å². The van der Waals surface area contributed by atoms with Gasteiger partial charge in [0.15, 0.2) is 0 Å². The first kappa shape index (κ1) is 19.2. The number of rotatable bonds is 12. The highest BCUT2D eigenvalue weighted by atomic mass is 16.5. The maximum Gasteiger partial charge on any atom is 0.337 e. The monoisotopic (exact) mass is 284 g/mol. The average Bonchev–Trinajstić information content (AvgIpc) is 2.39. The Balaban J connectivity index is 3.57. The Kier molecular flexibility index (Phi) is 10.4. The third kappa shape index (κ3) is 11.0. The zero-order valence-electron chi connectivity index (χ0n) is 14.0. The largest absolute Gasteiger partial charge is 0.412 e. The maximum atomic E-state index is 11.4. The van der Waals surface area contributed by atoms with Crippen LogP contribution < -0.4 is 0 Å². The fourth-order valence-corrected chi connectivity index (χ4v) is 2.09. The molecule has 0 spiro atoms. The molecule has 0 amide bonds. The quantitative estimate of drug-likeness (QED) is 0.176. The predicted octanol–water partition coefficient (Wildman–Crippen LogP) is 4.28. The first-order chi connectivity index (χ1) is 9.39. The number of hydrogen-bond acceptors (Lipinski definition) is 2. The van der Waals surface area contributed by atoms with Crippen LogP contribution in [0.25, 0.3) is 0 Å². The summed E-state index contributed by atoms with van der Waals surface area (Å²) in [4.78, 5) is 11.4. The lowest BCUT2D eigenvalue weighted by atomic mass is 10.1. The molecule has 0 saturated heterocycles. The van der Waals surface area contributed by atoms with Gasteiger partial charge in [0, 0.05) is 5.57 Å². The van der Waals surface area contributed by atoms with Gasteiger partial charge in [0.1, 0.15) is 0 Å². The summed E-state index contributed by atoms with van der Waals surface area (Å²) in [5.41, 5.74) is 0.470. The van der Waals surface area contributed by atoms with Gasteiger partial charge in [0.2, 0.25) is 6.73 Å². The first-order valence-electron chi connectivity index (χ1n) is 8.03. The molecule has 3 nitrogen and oxygen atoms in total. The van der Waals surface area contributed by atoms with Crippen molar-refractivity contribution in [2.75, 3.05) is 27.4 Å². The second kappa shape index (κ2) is 10.9. The van der Waals surface area contributed by atoms with Crippen molar-refractivity contribution in [3.8, 4) is 0 Å². The minimum Gasteiger partial charge on any atom is -0.412 e. The lowest BCUT2D eigenvalue weighted by molar-refractivity contribution is -0.907. The molecule has 0 aromatic carbocycles. The van der Waals surface area contributed by atoms with E-state index in [-0.39, 0.29) is 5.97 Å². The van der Waals surface area contributed by atoms with Gasteiger partial charge in [-0.3, -0.25) is 4.48 Å². The van der Waals surface area contributed by atoms with Crippen molar-refractivity contribution in [1.82, 2.24) is 0 Å². The van der Waals surface area contributed by atoms with Crippen LogP contribution >= 0.6 is 0 Å². The number of ether oxygens (including phenoxy) is 1. The van der Waals surface area contributed by atoms with Gasteiger partial charge in [-0.05, 0) is 19.8 Å². The number of carbonyl (C=O) groups excluding carboxylic acids is 1. The predicted molar refractivity (Wildman–Crippen MR) is 85.4 cm³/mol. The van der Waals surface area contributed by atoms with Gasteiger partial charge in [-0.1, -0.05) is 52.0 Å². The van der Waals surface area contributed by atoms with Crippen molar-refractivity contribution in [2.45, 2.75) is 65.2 Å². The van der Waals surface area contributed by atoms with Crippen LogP contribution in [0.2, 0.25) is 0 Å². The summed E-state index contributed by atoms with van der Waals surface area (Å²) in [5.74, 6) is -0.285. The Hall–Kier alpha value is -0.830. The highest BCUT2D eigenvalue weighted by Crippen LogP contribution is 2.10. The number of hydrogen-bond donors (Lipinski definition) is 0. The van der Waals surface area contributed by atoms with E-state index in [1.807, 2.05) is 0 Å². The minimum atomic E-state index is -0.285. The van der Waals surface area contributed by atoms with Gasteiger partial charge in [-0.25, -0.2) is 4.79 Å². The van der Waals surface area contributed by atoms with E-state index in [0.717, 1.165) is 11.0 Å². The SMILES string of the molecule is C=C(C)C(=O)OC[N+](C)(C)CCCCCCCCCC. The zero-order valence-corrected chi connectivity index (χ0v) is 14.0. The average molecular weight is 284 g/mol. The third-order valence-corrected chi connectivity index (χ3v) is 3.51. The fraction of sp³-hybridized carbons (Fsp3) is 0.824. The molecule has 0 N–H and O–H groups in total. The topological polar surface area (TPSA) is 26.3 Å². The van der Waals surface area contributed by atoms with E-state index in [1.54, 1.807) is 6.92 Å². The highest BCUT2D eigenvalue weighted by molar-refractivity contribution is 5.86. The molecule has 0 fully saturated rings. The summed E-state index contributed by atoms with van der Waals surface area (Å²) in [6.07, 6.45) is 10.6. The molecule has 0 radical (unpaired) electrons. The number of esters is 1. The van der Waals surface area contributed by atoms with E-state index in [0.29, 0.717) is 12.3 Å². The van der Waals surface area contributed by atoms with Gasteiger partial charge in [-0.15, -0.1) is 0 Å². The fourth-order valence-electron chi connectivity index (χ4n) is 2.09. The normalized spacial score (nSPS) is 11.4. The number of nitrogens with zero attached hydrogens (tertiary/aromatic N) is 1. The second-order valence-corrected chi connectivity index (χ2v) is 6.48.